The molecule has 2 rings (SSSR count). The van der Waals surface area contributed by atoms with Crippen LogP contribution in [0.3, 0.4) is 0 Å². The molecule has 0 atom stereocenters. The van der Waals surface area contributed by atoms with Gasteiger partial charge in [0, 0.05) is 19.0 Å². The van der Waals surface area contributed by atoms with E-state index in [4.69, 9.17) is 0 Å². The van der Waals surface area contributed by atoms with Gasteiger partial charge in [0.15, 0.2) is 0 Å². The lowest BCUT2D eigenvalue weighted by atomic mass is 9.81. The predicted molar refractivity (Wildman–Crippen MR) is 74.4 cm³/mol. The molecular formula is C15H28N2O. The third kappa shape index (κ3) is 5.38. The molecule has 0 heterocycles. The van der Waals surface area contributed by atoms with Gasteiger partial charge in [0.2, 0.25) is 5.91 Å². The highest BCUT2D eigenvalue weighted by Gasteiger charge is 2.22. The minimum absolute atomic E-state index is 0.219. The third-order valence-corrected chi connectivity index (χ3v) is 4.34. The second kappa shape index (κ2) is 7.13. The Bertz CT molecular complexity index is 255. The van der Waals surface area contributed by atoms with Gasteiger partial charge in [-0.15, -0.1) is 0 Å². The van der Waals surface area contributed by atoms with E-state index < -0.39 is 0 Å². The van der Waals surface area contributed by atoms with E-state index in [2.05, 4.69) is 17.6 Å². The molecule has 18 heavy (non-hydrogen) atoms. The molecule has 2 fully saturated rings. The third-order valence-electron chi connectivity index (χ3n) is 4.34. The quantitative estimate of drug-likeness (QED) is 0.683. The Kier molecular flexibility index (Phi) is 5.48. The fourth-order valence-electron chi connectivity index (χ4n) is 2.78. The first kappa shape index (κ1) is 13.9. The Hall–Kier alpha value is -0.570. The van der Waals surface area contributed by atoms with E-state index in [0.717, 1.165) is 24.9 Å². The first-order chi connectivity index (χ1) is 8.74. The molecule has 0 saturated heterocycles. The largest absolute Gasteiger partial charge is 0.353 e. The van der Waals surface area contributed by atoms with Crippen LogP contribution in [0.1, 0.15) is 58.3 Å². The summed E-state index contributed by atoms with van der Waals surface area (Å²) in [6.07, 6.45) is 9.92. The highest BCUT2D eigenvalue weighted by atomic mass is 16.1. The van der Waals surface area contributed by atoms with Crippen LogP contribution in [-0.2, 0) is 4.79 Å². The van der Waals surface area contributed by atoms with Gasteiger partial charge in [-0.3, -0.25) is 4.79 Å². The molecule has 2 aliphatic carbocycles. The number of hydrogen-bond acceptors (Lipinski definition) is 2. The maximum absolute atomic E-state index is 11.4. The zero-order valence-corrected chi connectivity index (χ0v) is 11.7. The van der Waals surface area contributed by atoms with Crippen LogP contribution in [-0.4, -0.2) is 25.0 Å². The molecular weight excluding hydrogens is 224 g/mol. The summed E-state index contributed by atoms with van der Waals surface area (Å²) in [6, 6.07) is 0.502. The van der Waals surface area contributed by atoms with Crippen LogP contribution in [0.25, 0.3) is 0 Å². The summed E-state index contributed by atoms with van der Waals surface area (Å²) in [6.45, 7) is 4.28. The van der Waals surface area contributed by atoms with E-state index >= 15 is 0 Å². The standard InChI is InChI=1S/C15H28N2O/c1-12-2-4-13(5-3-12)8-10-16-11-9-15(18)17-14-6-7-14/h12-14,16H,2-11H2,1H3,(H,17,18). The minimum atomic E-state index is 0.219. The van der Waals surface area contributed by atoms with Crippen molar-refractivity contribution in [3.63, 3.8) is 0 Å². The number of hydrogen-bond donors (Lipinski definition) is 2. The average molecular weight is 252 g/mol. The summed E-state index contributed by atoms with van der Waals surface area (Å²) in [7, 11) is 0. The van der Waals surface area contributed by atoms with Gasteiger partial charge < -0.3 is 10.6 Å². The molecule has 2 aliphatic rings. The molecule has 104 valence electrons. The number of carbonyl (C=O) groups excluding carboxylic acids is 1. The fourth-order valence-corrected chi connectivity index (χ4v) is 2.78. The molecule has 0 aliphatic heterocycles. The molecule has 3 nitrogen and oxygen atoms in total. The highest BCUT2D eigenvalue weighted by Crippen LogP contribution is 2.29. The zero-order chi connectivity index (χ0) is 12.8. The predicted octanol–water partition coefficient (Wildman–Crippen LogP) is 2.46. The smallest absolute Gasteiger partial charge is 0.221 e. The fraction of sp³-hybridized carbons (Fsp3) is 0.933. The maximum atomic E-state index is 11.4. The molecule has 2 N–H and O–H groups in total. The van der Waals surface area contributed by atoms with Crippen molar-refractivity contribution < 1.29 is 4.79 Å². The topological polar surface area (TPSA) is 41.1 Å². The normalized spacial score (nSPS) is 28.1. The Morgan fingerprint density at radius 2 is 1.78 bits per heavy atom. The second-order valence-corrected chi connectivity index (χ2v) is 6.26. The molecule has 0 radical (unpaired) electrons. The summed E-state index contributed by atoms with van der Waals surface area (Å²) >= 11 is 0. The van der Waals surface area contributed by atoms with Gasteiger partial charge in [0.1, 0.15) is 0 Å². The molecule has 0 bridgehead atoms. The molecule has 0 aromatic rings. The summed E-state index contributed by atoms with van der Waals surface area (Å²) in [4.78, 5) is 11.4. The Morgan fingerprint density at radius 1 is 1.06 bits per heavy atom. The summed E-state index contributed by atoms with van der Waals surface area (Å²) in [5.41, 5.74) is 0. The van der Waals surface area contributed by atoms with Crippen molar-refractivity contribution in [2.75, 3.05) is 13.1 Å². The van der Waals surface area contributed by atoms with E-state index in [9.17, 15) is 4.79 Å². The van der Waals surface area contributed by atoms with Crippen LogP contribution in [0.5, 0.6) is 0 Å². The van der Waals surface area contributed by atoms with Crippen LogP contribution in [0.4, 0.5) is 0 Å². The van der Waals surface area contributed by atoms with Crippen molar-refractivity contribution in [1.82, 2.24) is 10.6 Å². The van der Waals surface area contributed by atoms with Crippen LogP contribution >= 0.6 is 0 Å². The van der Waals surface area contributed by atoms with Crippen molar-refractivity contribution in [1.29, 1.82) is 0 Å². The lowest BCUT2D eigenvalue weighted by Gasteiger charge is -2.26. The first-order valence-corrected chi connectivity index (χ1v) is 7.74. The van der Waals surface area contributed by atoms with Gasteiger partial charge in [-0.25, -0.2) is 0 Å². The molecule has 0 spiro atoms. The van der Waals surface area contributed by atoms with Gasteiger partial charge in [-0.2, -0.15) is 0 Å². The Morgan fingerprint density at radius 3 is 2.44 bits per heavy atom. The van der Waals surface area contributed by atoms with Crippen LogP contribution in [0.15, 0.2) is 0 Å². The monoisotopic (exact) mass is 252 g/mol. The Labute approximate surface area is 111 Å². The summed E-state index contributed by atoms with van der Waals surface area (Å²) in [5, 5.41) is 6.43. The Balaban J connectivity index is 1.42. The number of amides is 1. The average Bonchev–Trinajstić information content (AvgIpc) is 3.15. The maximum Gasteiger partial charge on any atom is 0.221 e. The van der Waals surface area contributed by atoms with Gasteiger partial charge in [-0.05, 0) is 37.6 Å². The highest BCUT2D eigenvalue weighted by molar-refractivity contribution is 5.76. The van der Waals surface area contributed by atoms with Crippen molar-refractivity contribution in [3.05, 3.63) is 0 Å². The van der Waals surface area contributed by atoms with Crippen LogP contribution < -0.4 is 10.6 Å². The van der Waals surface area contributed by atoms with E-state index in [-0.39, 0.29) is 5.91 Å². The molecule has 3 heteroatoms. The minimum Gasteiger partial charge on any atom is -0.353 e. The number of carbonyl (C=O) groups is 1. The van der Waals surface area contributed by atoms with Crippen molar-refractivity contribution in [3.8, 4) is 0 Å². The molecule has 0 unspecified atom stereocenters. The van der Waals surface area contributed by atoms with Gasteiger partial charge in [-0.1, -0.05) is 32.6 Å². The molecule has 2 saturated carbocycles. The summed E-state index contributed by atoms with van der Waals surface area (Å²) in [5.74, 6) is 2.09. The lowest BCUT2D eigenvalue weighted by molar-refractivity contribution is -0.121. The molecule has 0 aromatic heterocycles. The van der Waals surface area contributed by atoms with E-state index in [0.29, 0.717) is 12.5 Å². The van der Waals surface area contributed by atoms with Gasteiger partial charge >= 0.3 is 0 Å². The van der Waals surface area contributed by atoms with Crippen LogP contribution in [0, 0.1) is 11.8 Å². The number of rotatable bonds is 7. The second-order valence-electron chi connectivity index (χ2n) is 6.26. The van der Waals surface area contributed by atoms with Crippen molar-refractivity contribution >= 4 is 5.91 Å². The lowest BCUT2D eigenvalue weighted by Crippen LogP contribution is -2.30. The number of nitrogens with one attached hydrogen (secondary N) is 2. The summed E-state index contributed by atoms with van der Waals surface area (Å²) < 4.78 is 0. The van der Waals surface area contributed by atoms with E-state index in [1.54, 1.807) is 0 Å². The van der Waals surface area contributed by atoms with E-state index in [1.807, 2.05) is 0 Å². The van der Waals surface area contributed by atoms with Crippen molar-refractivity contribution in [2.24, 2.45) is 11.8 Å². The molecule has 1 amide bonds. The van der Waals surface area contributed by atoms with Crippen LogP contribution in [0.2, 0.25) is 0 Å². The first-order valence-electron chi connectivity index (χ1n) is 7.74. The molecule has 0 aromatic carbocycles. The van der Waals surface area contributed by atoms with E-state index in [1.165, 1.54) is 44.9 Å². The van der Waals surface area contributed by atoms with Crippen molar-refractivity contribution in [2.45, 2.75) is 64.3 Å². The zero-order valence-electron chi connectivity index (χ0n) is 11.7. The van der Waals surface area contributed by atoms with Gasteiger partial charge in [0.25, 0.3) is 0 Å². The SMILES string of the molecule is CC1CCC(CCNCCC(=O)NC2CC2)CC1. The van der Waals surface area contributed by atoms with Gasteiger partial charge in [0.05, 0.1) is 0 Å².